The van der Waals surface area contributed by atoms with Crippen LogP contribution in [0.5, 0.6) is 5.75 Å². The second kappa shape index (κ2) is 7.47. The summed E-state index contributed by atoms with van der Waals surface area (Å²) in [6.07, 6.45) is 0.144. The first-order chi connectivity index (χ1) is 13.5. The first-order valence-electron chi connectivity index (χ1n) is 9.79. The summed E-state index contributed by atoms with van der Waals surface area (Å²) in [6.45, 7) is 12.1. The SMILES string of the molecule is COC(=O)Cc1c(C)c(N)c2[nH]c(C)cc2c1-c1ccc(C)cc1OC(C)(C)C. The molecule has 0 radical (unpaired) electrons. The van der Waals surface area contributed by atoms with E-state index in [1.807, 2.05) is 47.6 Å². The number of carbonyl (C=O) groups is 1. The molecule has 0 saturated heterocycles. The topological polar surface area (TPSA) is 77.3 Å². The molecule has 5 nitrogen and oxygen atoms in total. The van der Waals surface area contributed by atoms with Crippen molar-refractivity contribution in [3.63, 3.8) is 0 Å². The van der Waals surface area contributed by atoms with Gasteiger partial charge in [-0.05, 0) is 75.9 Å². The van der Waals surface area contributed by atoms with Crippen molar-refractivity contribution in [2.45, 2.75) is 53.6 Å². The van der Waals surface area contributed by atoms with Gasteiger partial charge in [0.2, 0.25) is 0 Å². The number of nitrogen functional groups attached to an aromatic ring is 1. The molecule has 0 saturated carbocycles. The van der Waals surface area contributed by atoms with E-state index in [0.717, 1.165) is 50.2 Å². The van der Waals surface area contributed by atoms with E-state index < -0.39 is 0 Å². The molecule has 3 N–H and O–H groups in total. The third-order valence-corrected chi connectivity index (χ3v) is 5.02. The number of hydrogen-bond acceptors (Lipinski definition) is 4. The summed E-state index contributed by atoms with van der Waals surface area (Å²) in [7, 11) is 1.40. The molecule has 29 heavy (non-hydrogen) atoms. The number of aryl methyl sites for hydroxylation is 2. The zero-order chi connectivity index (χ0) is 21.5. The van der Waals surface area contributed by atoms with Gasteiger partial charge in [-0.25, -0.2) is 0 Å². The Bertz CT molecular complexity index is 1090. The normalized spacial score (nSPS) is 11.7. The van der Waals surface area contributed by atoms with Crippen molar-refractivity contribution in [3.05, 3.63) is 46.6 Å². The van der Waals surface area contributed by atoms with Crippen LogP contribution in [0.25, 0.3) is 22.0 Å². The van der Waals surface area contributed by atoms with Crippen LogP contribution >= 0.6 is 0 Å². The molecule has 1 aromatic heterocycles. The molecular weight excluding hydrogens is 364 g/mol. The average molecular weight is 395 g/mol. The molecule has 154 valence electrons. The summed E-state index contributed by atoms with van der Waals surface area (Å²) in [4.78, 5) is 15.6. The largest absolute Gasteiger partial charge is 0.487 e. The van der Waals surface area contributed by atoms with Gasteiger partial charge >= 0.3 is 5.97 Å². The highest BCUT2D eigenvalue weighted by molar-refractivity contribution is 6.06. The van der Waals surface area contributed by atoms with Crippen LogP contribution in [0.3, 0.4) is 0 Å². The third-order valence-electron chi connectivity index (χ3n) is 5.02. The monoisotopic (exact) mass is 394 g/mol. The van der Waals surface area contributed by atoms with Crippen LogP contribution < -0.4 is 10.5 Å². The summed E-state index contributed by atoms with van der Waals surface area (Å²) in [5.41, 5.74) is 13.4. The predicted octanol–water partition coefficient (Wildman–Crippen LogP) is 5.24. The molecule has 0 spiro atoms. The molecule has 0 bridgehead atoms. The van der Waals surface area contributed by atoms with Crippen LogP contribution in [-0.4, -0.2) is 23.7 Å². The fourth-order valence-corrected chi connectivity index (χ4v) is 3.69. The van der Waals surface area contributed by atoms with Gasteiger partial charge in [-0.15, -0.1) is 0 Å². The lowest BCUT2D eigenvalue weighted by molar-refractivity contribution is -0.139. The number of aromatic nitrogens is 1. The molecule has 0 aliphatic heterocycles. The second-order valence-corrected chi connectivity index (χ2v) is 8.60. The lowest BCUT2D eigenvalue weighted by atomic mass is 9.88. The first kappa shape index (κ1) is 20.8. The maximum Gasteiger partial charge on any atom is 0.310 e. The van der Waals surface area contributed by atoms with Crippen molar-refractivity contribution in [3.8, 4) is 16.9 Å². The standard InChI is InChI=1S/C24H30N2O3/c1-13-8-9-16(19(10-13)29-24(4,5)6)21-17(12-20(27)28-7)15(3)22(25)23-18(21)11-14(2)26-23/h8-11,26H,12,25H2,1-7H3. The third kappa shape index (κ3) is 4.09. The van der Waals surface area contributed by atoms with Gasteiger partial charge in [-0.3, -0.25) is 4.79 Å². The maximum absolute atomic E-state index is 12.2. The molecule has 0 aliphatic carbocycles. The fraction of sp³-hybridized carbons (Fsp3) is 0.375. The van der Waals surface area contributed by atoms with E-state index in [1.54, 1.807) is 0 Å². The molecule has 2 aromatic carbocycles. The number of hydrogen-bond donors (Lipinski definition) is 2. The van der Waals surface area contributed by atoms with E-state index in [4.69, 9.17) is 15.2 Å². The minimum Gasteiger partial charge on any atom is -0.487 e. The van der Waals surface area contributed by atoms with Crippen LogP contribution in [0.15, 0.2) is 24.3 Å². The van der Waals surface area contributed by atoms with Crippen molar-refractivity contribution in [2.24, 2.45) is 0 Å². The number of nitrogens with two attached hydrogens (primary N) is 1. The molecule has 3 rings (SSSR count). The molecule has 0 aliphatic rings. The maximum atomic E-state index is 12.2. The number of methoxy groups -OCH3 is 1. The first-order valence-corrected chi connectivity index (χ1v) is 9.79. The van der Waals surface area contributed by atoms with E-state index in [0.29, 0.717) is 5.69 Å². The van der Waals surface area contributed by atoms with Gasteiger partial charge in [-0.2, -0.15) is 0 Å². The Morgan fingerprint density at radius 3 is 2.45 bits per heavy atom. The van der Waals surface area contributed by atoms with Gasteiger partial charge < -0.3 is 20.2 Å². The minimum atomic E-state index is -0.360. The Kier molecular flexibility index (Phi) is 5.35. The van der Waals surface area contributed by atoms with Gasteiger partial charge in [-0.1, -0.05) is 12.1 Å². The quantitative estimate of drug-likeness (QED) is 0.469. The van der Waals surface area contributed by atoms with Gasteiger partial charge in [0.1, 0.15) is 11.4 Å². The van der Waals surface area contributed by atoms with Crippen LogP contribution in [-0.2, 0) is 16.0 Å². The number of carbonyl (C=O) groups excluding carboxylic acids is 1. The second-order valence-electron chi connectivity index (χ2n) is 8.60. The number of rotatable bonds is 4. The Morgan fingerprint density at radius 1 is 1.14 bits per heavy atom. The number of fused-ring (bicyclic) bond motifs is 1. The van der Waals surface area contributed by atoms with Crippen LogP contribution in [0.2, 0.25) is 0 Å². The van der Waals surface area contributed by atoms with Gasteiger partial charge in [0, 0.05) is 16.6 Å². The predicted molar refractivity (Wildman–Crippen MR) is 118 cm³/mol. The summed E-state index contributed by atoms with van der Waals surface area (Å²) in [6, 6.07) is 8.23. The van der Waals surface area contributed by atoms with E-state index in [9.17, 15) is 4.79 Å². The number of esters is 1. The number of nitrogens with one attached hydrogen (secondary N) is 1. The van der Waals surface area contributed by atoms with Crippen LogP contribution in [0, 0.1) is 20.8 Å². The number of benzene rings is 2. The van der Waals surface area contributed by atoms with Crippen molar-refractivity contribution in [1.29, 1.82) is 0 Å². The zero-order valence-electron chi connectivity index (χ0n) is 18.3. The highest BCUT2D eigenvalue weighted by atomic mass is 16.5. The van der Waals surface area contributed by atoms with Crippen LogP contribution in [0.1, 0.15) is 43.2 Å². The van der Waals surface area contributed by atoms with E-state index in [1.165, 1.54) is 7.11 Å². The number of aromatic amines is 1. The Balaban J connectivity index is 2.41. The summed E-state index contributed by atoms with van der Waals surface area (Å²) in [5, 5.41) is 0.979. The summed E-state index contributed by atoms with van der Waals surface area (Å²) in [5.74, 6) is 0.485. The molecule has 0 unspecified atom stereocenters. The van der Waals surface area contributed by atoms with E-state index in [2.05, 4.69) is 23.2 Å². The van der Waals surface area contributed by atoms with Crippen molar-refractivity contribution < 1.29 is 14.3 Å². The van der Waals surface area contributed by atoms with Crippen molar-refractivity contribution >= 4 is 22.6 Å². The highest BCUT2D eigenvalue weighted by Crippen LogP contribution is 2.43. The lowest BCUT2D eigenvalue weighted by Crippen LogP contribution is -2.23. The molecule has 5 heteroatoms. The van der Waals surface area contributed by atoms with Crippen LogP contribution in [0.4, 0.5) is 5.69 Å². The Morgan fingerprint density at radius 2 is 1.83 bits per heavy atom. The zero-order valence-corrected chi connectivity index (χ0v) is 18.3. The average Bonchev–Trinajstić information content (AvgIpc) is 3.01. The lowest BCUT2D eigenvalue weighted by Gasteiger charge is -2.25. The Labute approximate surface area is 172 Å². The smallest absolute Gasteiger partial charge is 0.310 e. The minimum absolute atomic E-state index is 0.144. The van der Waals surface area contributed by atoms with Crippen molar-refractivity contribution in [2.75, 3.05) is 12.8 Å². The molecule has 0 amide bonds. The van der Waals surface area contributed by atoms with Gasteiger partial charge in [0.05, 0.1) is 24.7 Å². The van der Waals surface area contributed by atoms with Crippen molar-refractivity contribution in [1.82, 2.24) is 4.98 Å². The Hall–Kier alpha value is -2.95. The van der Waals surface area contributed by atoms with E-state index in [-0.39, 0.29) is 18.0 Å². The number of ether oxygens (including phenoxy) is 2. The summed E-state index contributed by atoms with van der Waals surface area (Å²) < 4.78 is 11.3. The van der Waals surface area contributed by atoms with E-state index >= 15 is 0 Å². The molecule has 3 aromatic rings. The summed E-state index contributed by atoms with van der Waals surface area (Å²) >= 11 is 0. The van der Waals surface area contributed by atoms with Gasteiger partial charge in [0.15, 0.2) is 0 Å². The molecular formula is C24H30N2O3. The number of anilines is 1. The molecule has 1 heterocycles. The molecule has 0 fully saturated rings. The van der Waals surface area contributed by atoms with Gasteiger partial charge in [0.25, 0.3) is 0 Å². The molecule has 0 atom stereocenters. The fourth-order valence-electron chi connectivity index (χ4n) is 3.69. The number of H-pyrrole nitrogens is 1. The highest BCUT2D eigenvalue weighted by Gasteiger charge is 2.24.